The van der Waals surface area contributed by atoms with Gasteiger partial charge in [-0.3, -0.25) is 0 Å². The molecule has 6 heteroatoms. The van der Waals surface area contributed by atoms with Gasteiger partial charge in [-0.15, -0.1) is 11.3 Å². The van der Waals surface area contributed by atoms with Gasteiger partial charge in [-0.2, -0.15) is 0 Å². The quantitative estimate of drug-likeness (QED) is 0.853. The van der Waals surface area contributed by atoms with Crippen LogP contribution in [0.25, 0.3) is 0 Å². The minimum Gasteiger partial charge on any atom is -0.364 e. The Morgan fingerprint density at radius 1 is 1.39 bits per heavy atom. The highest BCUT2D eigenvalue weighted by molar-refractivity contribution is 7.09. The second kappa shape index (κ2) is 6.11. The number of nitrogens with zero attached hydrogens (tertiary/aromatic N) is 3. The van der Waals surface area contributed by atoms with Crippen LogP contribution in [-0.4, -0.2) is 15.0 Å². The minimum absolute atomic E-state index is 0.531. The normalized spacial score (nSPS) is 10.6. The number of hydrogen-bond donors (Lipinski definition) is 1. The molecule has 0 unspecified atom stereocenters. The molecule has 0 atom stereocenters. The number of anilines is 1. The lowest BCUT2D eigenvalue weighted by Crippen LogP contribution is -2.06. The van der Waals surface area contributed by atoms with Crippen LogP contribution < -0.4 is 5.32 Å². The number of hydrogen-bond acceptors (Lipinski definition) is 5. The summed E-state index contributed by atoms with van der Waals surface area (Å²) >= 11 is 7.74. The standard InChI is InChI=1S/C12H15ClN4S/c1-3-4-10-11(13)15-7-16-12(10)14-5-9-6-18-8(2)17-9/h6-7H,3-5H2,1-2H3,(H,14,15,16). The molecule has 0 radical (unpaired) electrons. The van der Waals surface area contributed by atoms with Gasteiger partial charge >= 0.3 is 0 Å². The third kappa shape index (κ3) is 3.17. The molecule has 2 aromatic heterocycles. The zero-order valence-electron chi connectivity index (χ0n) is 10.4. The molecular weight excluding hydrogens is 268 g/mol. The molecule has 96 valence electrons. The Morgan fingerprint density at radius 3 is 2.89 bits per heavy atom. The first kappa shape index (κ1) is 13.2. The van der Waals surface area contributed by atoms with Crippen molar-refractivity contribution in [2.45, 2.75) is 33.2 Å². The lowest BCUT2D eigenvalue weighted by atomic mass is 10.2. The number of thiazole rings is 1. The largest absolute Gasteiger partial charge is 0.364 e. The molecular formula is C12H15ClN4S. The zero-order valence-corrected chi connectivity index (χ0v) is 12.0. The fraction of sp³-hybridized carbons (Fsp3) is 0.417. The van der Waals surface area contributed by atoms with E-state index in [-0.39, 0.29) is 0 Å². The molecule has 0 fully saturated rings. The second-order valence-corrected chi connectivity index (χ2v) is 5.37. The number of halogens is 1. The molecule has 0 saturated heterocycles. The maximum atomic E-state index is 6.09. The molecule has 0 bridgehead atoms. The van der Waals surface area contributed by atoms with E-state index in [4.69, 9.17) is 11.6 Å². The van der Waals surface area contributed by atoms with Gasteiger partial charge < -0.3 is 5.32 Å². The Kier molecular flexibility index (Phi) is 4.49. The van der Waals surface area contributed by atoms with E-state index in [1.54, 1.807) is 11.3 Å². The van der Waals surface area contributed by atoms with E-state index in [2.05, 4.69) is 27.2 Å². The summed E-state index contributed by atoms with van der Waals surface area (Å²) in [6, 6.07) is 0. The van der Waals surface area contributed by atoms with E-state index in [1.807, 2.05) is 12.3 Å². The number of rotatable bonds is 5. The lowest BCUT2D eigenvalue weighted by molar-refractivity contribution is 0.895. The van der Waals surface area contributed by atoms with E-state index in [0.717, 1.165) is 34.9 Å². The molecule has 0 aliphatic heterocycles. The molecule has 0 amide bonds. The van der Waals surface area contributed by atoms with Gasteiger partial charge in [-0.05, 0) is 13.3 Å². The highest BCUT2D eigenvalue weighted by atomic mass is 35.5. The average molecular weight is 283 g/mol. The summed E-state index contributed by atoms with van der Waals surface area (Å²) in [5.74, 6) is 0.808. The van der Waals surface area contributed by atoms with Crippen LogP contribution >= 0.6 is 22.9 Å². The van der Waals surface area contributed by atoms with Gasteiger partial charge in [0.25, 0.3) is 0 Å². The fourth-order valence-corrected chi connectivity index (χ4v) is 2.52. The second-order valence-electron chi connectivity index (χ2n) is 3.95. The summed E-state index contributed by atoms with van der Waals surface area (Å²) in [7, 11) is 0. The third-order valence-corrected chi connectivity index (χ3v) is 3.64. The highest BCUT2D eigenvalue weighted by Gasteiger charge is 2.09. The Bertz CT molecular complexity index is 527. The van der Waals surface area contributed by atoms with Crippen molar-refractivity contribution < 1.29 is 0 Å². The maximum Gasteiger partial charge on any atom is 0.137 e. The molecule has 0 spiro atoms. The van der Waals surface area contributed by atoms with E-state index < -0.39 is 0 Å². The summed E-state index contributed by atoms with van der Waals surface area (Å²) in [6.07, 6.45) is 3.37. The molecule has 0 aliphatic carbocycles. The predicted molar refractivity (Wildman–Crippen MR) is 75.2 cm³/mol. The van der Waals surface area contributed by atoms with Gasteiger partial charge in [0.15, 0.2) is 0 Å². The van der Waals surface area contributed by atoms with Gasteiger partial charge in [0, 0.05) is 10.9 Å². The number of nitrogens with one attached hydrogen (secondary N) is 1. The third-order valence-electron chi connectivity index (χ3n) is 2.50. The van der Waals surface area contributed by atoms with Crippen LogP contribution in [-0.2, 0) is 13.0 Å². The molecule has 1 N–H and O–H groups in total. The Hall–Kier alpha value is -1.20. The molecule has 0 saturated carbocycles. The van der Waals surface area contributed by atoms with Crippen molar-refractivity contribution in [3.63, 3.8) is 0 Å². The zero-order chi connectivity index (χ0) is 13.0. The van der Waals surface area contributed by atoms with Crippen LogP contribution in [0.1, 0.15) is 29.6 Å². The predicted octanol–water partition coefficient (Wildman–Crippen LogP) is 3.46. The number of aromatic nitrogens is 3. The molecule has 4 nitrogen and oxygen atoms in total. The first-order valence-corrected chi connectivity index (χ1v) is 7.10. The van der Waals surface area contributed by atoms with E-state index >= 15 is 0 Å². The SMILES string of the molecule is CCCc1c(Cl)ncnc1NCc1csc(C)n1. The first-order valence-electron chi connectivity index (χ1n) is 5.85. The Balaban J connectivity index is 2.11. The van der Waals surface area contributed by atoms with Crippen molar-refractivity contribution >= 4 is 28.8 Å². The molecule has 2 aromatic rings. The lowest BCUT2D eigenvalue weighted by Gasteiger charge is -2.10. The monoisotopic (exact) mass is 282 g/mol. The maximum absolute atomic E-state index is 6.09. The van der Waals surface area contributed by atoms with Gasteiger partial charge in [0.05, 0.1) is 17.2 Å². The molecule has 2 heterocycles. The molecule has 2 rings (SSSR count). The number of aryl methyl sites for hydroxylation is 1. The highest BCUT2D eigenvalue weighted by Crippen LogP contribution is 2.22. The Labute approximate surface area is 115 Å². The van der Waals surface area contributed by atoms with Crippen molar-refractivity contribution in [1.29, 1.82) is 0 Å². The summed E-state index contributed by atoms with van der Waals surface area (Å²) in [5.41, 5.74) is 2.00. The van der Waals surface area contributed by atoms with E-state index in [0.29, 0.717) is 11.7 Å². The van der Waals surface area contributed by atoms with Crippen LogP contribution in [0.3, 0.4) is 0 Å². The van der Waals surface area contributed by atoms with Crippen molar-refractivity contribution in [2.75, 3.05) is 5.32 Å². The van der Waals surface area contributed by atoms with Crippen LogP contribution in [0.15, 0.2) is 11.7 Å². The van der Waals surface area contributed by atoms with Crippen molar-refractivity contribution in [1.82, 2.24) is 15.0 Å². The van der Waals surface area contributed by atoms with Gasteiger partial charge in [-0.1, -0.05) is 24.9 Å². The van der Waals surface area contributed by atoms with E-state index in [1.165, 1.54) is 6.33 Å². The summed E-state index contributed by atoms with van der Waals surface area (Å²) in [5, 5.41) is 6.93. The van der Waals surface area contributed by atoms with Crippen molar-refractivity contribution in [3.05, 3.63) is 33.1 Å². The van der Waals surface area contributed by atoms with Crippen LogP contribution in [0, 0.1) is 6.92 Å². The topological polar surface area (TPSA) is 50.7 Å². The van der Waals surface area contributed by atoms with Crippen LogP contribution in [0.2, 0.25) is 5.15 Å². The smallest absolute Gasteiger partial charge is 0.137 e. The first-order chi connectivity index (χ1) is 8.70. The molecule has 18 heavy (non-hydrogen) atoms. The van der Waals surface area contributed by atoms with Crippen LogP contribution in [0.4, 0.5) is 5.82 Å². The summed E-state index contributed by atoms with van der Waals surface area (Å²) in [4.78, 5) is 12.7. The van der Waals surface area contributed by atoms with Gasteiger partial charge in [-0.25, -0.2) is 15.0 Å². The van der Waals surface area contributed by atoms with Gasteiger partial charge in [0.1, 0.15) is 17.3 Å². The summed E-state index contributed by atoms with van der Waals surface area (Å²) in [6.45, 7) is 4.77. The fourth-order valence-electron chi connectivity index (χ4n) is 1.68. The van der Waals surface area contributed by atoms with E-state index in [9.17, 15) is 0 Å². The van der Waals surface area contributed by atoms with Crippen molar-refractivity contribution in [2.24, 2.45) is 0 Å². The molecule has 0 aliphatic rings. The summed E-state index contributed by atoms with van der Waals surface area (Å²) < 4.78 is 0. The van der Waals surface area contributed by atoms with Crippen LogP contribution in [0.5, 0.6) is 0 Å². The Morgan fingerprint density at radius 2 is 2.22 bits per heavy atom. The molecule has 0 aromatic carbocycles. The van der Waals surface area contributed by atoms with Crippen molar-refractivity contribution in [3.8, 4) is 0 Å². The van der Waals surface area contributed by atoms with Gasteiger partial charge in [0.2, 0.25) is 0 Å². The average Bonchev–Trinajstić information content (AvgIpc) is 2.76. The minimum atomic E-state index is 0.531.